The van der Waals surface area contributed by atoms with Gasteiger partial charge in [-0.3, -0.25) is 4.79 Å². The number of H-pyrrole nitrogens is 1. The number of nitrogens with zero attached hydrogens (tertiary/aromatic N) is 1. The molecule has 3 rings (SSSR count). The Hall–Kier alpha value is -2.37. The van der Waals surface area contributed by atoms with Gasteiger partial charge in [0.25, 0.3) is 0 Å². The van der Waals surface area contributed by atoms with Gasteiger partial charge >= 0.3 is 0 Å². The van der Waals surface area contributed by atoms with Crippen molar-refractivity contribution in [3.63, 3.8) is 0 Å². The van der Waals surface area contributed by atoms with Gasteiger partial charge < -0.3 is 16.0 Å². The van der Waals surface area contributed by atoms with Crippen LogP contribution in [0.25, 0.3) is 11.0 Å². The third-order valence-corrected chi connectivity index (χ3v) is 4.06. The maximum atomic E-state index is 12.0. The van der Waals surface area contributed by atoms with E-state index in [1.54, 1.807) is 6.07 Å². The van der Waals surface area contributed by atoms with E-state index in [2.05, 4.69) is 15.3 Å². The first kappa shape index (κ1) is 16.5. The summed E-state index contributed by atoms with van der Waals surface area (Å²) in [5.41, 5.74) is 8.89. The van der Waals surface area contributed by atoms with E-state index in [1.165, 1.54) is 0 Å². The van der Waals surface area contributed by atoms with Crippen LogP contribution in [0.1, 0.15) is 30.3 Å². The smallest absolute Gasteiger partial charge is 0.220 e. The van der Waals surface area contributed by atoms with Gasteiger partial charge in [0.1, 0.15) is 5.82 Å². The molecule has 0 aliphatic carbocycles. The highest BCUT2D eigenvalue weighted by molar-refractivity contribution is 6.31. The summed E-state index contributed by atoms with van der Waals surface area (Å²) in [6, 6.07) is 14.9. The standard InChI is InChI=1S/C18H19ClN4O/c19-13-6-8-15-16(10-13)23-18(22-15)14(20)7-9-17(24)21-11-12-4-2-1-3-5-12/h1-6,8,10,14H,7,9,11,20H2,(H,21,24)(H,22,23). The molecular weight excluding hydrogens is 324 g/mol. The fourth-order valence-electron chi connectivity index (χ4n) is 2.49. The van der Waals surface area contributed by atoms with Gasteiger partial charge in [-0.25, -0.2) is 4.98 Å². The first-order chi connectivity index (χ1) is 11.6. The van der Waals surface area contributed by atoms with Gasteiger partial charge in [0.05, 0.1) is 17.1 Å². The van der Waals surface area contributed by atoms with Crippen molar-refractivity contribution in [3.05, 3.63) is 64.9 Å². The van der Waals surface area contributed by atoms with E-state index in [0.717, 1.165) is 16.6 Å². The predicted molar refractivity (Wildman–Crippen MR) is 95.6 cm³/mol. The van der Waals surface area contributed by atoms with Crippen molar-refractivity contribution in [2.45, 2.75) is 25.4 Å². The van der Waals surface area contributed by atoms with Crippen molar-refractivity contribution in [1.29, 1.82) is 0 Å². The number of rotatable bonds is 6. The molecule has 0 bridgehead atoms. The third-order valence-electron chi connectivity index (χ3n) is 3.83. The molecule has 1 atom stereocenters. The molecule has 0 spiro atoms. The van der Waals surface area contributed by atoms with Crippen LogP contribution in [0.15, 0.2) is 48.5 Å². The molecule has 0 saturated carbocycles. The summed E-state index contributed by atoms with van der Waals surface area (Å²) in [6.45, 7) is 0.526. The number of aromatic amines is 1. The maximum Gasteiger partial charge on any atom is 0.220 e. The van der Waals surface area contributed by atoms with E-state index in [-0.39, 0.29) is 11.9 Å². The van der Waals surface area contributed by atoms with Crippen LogP contribution in [-0.2, 0) is 11.3 Å². The highest BCUT2D eigenvalue weighted by Crippen LogP contribution is 2.20. The largest absolute Gasteiger partial charge is 0.352 e. The normalized spacial score (nSPS) is 12.2. The lowest BCUT2D eigenvalue weighted by atomic mass is 10.1. The second kappa shape index (κ2) is 7.47. The molecule has 2 aromatic carbocycles. The second-order valence-electron chi connectivity index (χ2n) is 5.69. The van der Waals surface area contributed by atoms with Crippen molar-refractivity contribution in [3.8, 4) is 0 Å². The number of imidazole rings is 1. The van der Waals surface area contributed by atoms with Crippen LogP contribution in [0.3, 0.4) is 0 Å². The highest BCUT2D eigenvalue weighted by atomic mass is 35.5. The van der Waals surface area contributed by atoms with Crippen LogP contribution in [0.5, 0.6) is 0 Å². The Labute approximate surface area is 145 Å². The van der Waals surface area contributed by atoms with E-state index >= 15 is 0 Å². The highest BCUT2D eigenvalue weighted by Gasteiger charge is 2.13. The lowest BCUT2D eigenvalue weighted by molar-refractivity contribution is -0.121. The molecule has 1 amide bonds. The van der Waals surface area contributed by atoms with Crippen molar-refractivity contribution >= 4 is 28.5 Å². The number of aromatic nitrogens is 2. The second-order valence-corrected chi connectivity index (χ2v) is 6.13. The van der Waals surface area contributed by atoms with Crippen LogP contribution < -0.4 is 11.1 Å². The van der Waals surface area contributed by atoms with Gasteiger partial charge in [-0.1, -0.05) is 41.9 Å². The number of hydrogen-bond donors (Lipinski definition) is 3. The van der Waals surface area contributed by atoms with Gasteiger partial charge in [-0.05, 0) is 30.2 Å². The molecule has 5 nitrogen and oxygen atoms in total. The Morgan fingerprint density at radius 3 is 2.83 bits per heavy atom. The fourth-order valence-corrected chi connectivity index (χ4v) is 2.66. The molecule has 1 heterocycles. The number of carbonyl (C=O) groups excluding carboxylic acids is 1. The van der Waals surface area contributed by atoms with Crippen LogP contribution >= 0.6 is 11.6 Å². The van der Waals surface area contributed by atoms with E-state index in [1.807, 2.05) is 42.5 Å². The number of fused-ring (bicyclic) bond motifs is 1. The van der Waals surface area contributed by atoms with E-state index in [4.69, 9.17) is 17.3 Å². The quantitative estimate of drug-likeness (QED) is 0.642. The molecule has 4 N–H and O–H groups in total. The van der Waals surface area contributed by atoms with Crippen LogP contribution in [0, 0.1) is 0 Å². The molecule has 0 saturated heterocycles. The van der Waals surface area contributed by atoms with Gasteiger partial charge in [0.2, 0.25) is 5.91 Å². The molecule has 0 fully saturated rings. The monoisotopic (exact) mass is 342 g/mol. The summed E-state index contributed by atoms with van der Waals surface area (Å²) in [5.74, 6) is 0.650. The maximum absolute atomic E-state index is 12.0. The Kier molecular flexibility index (Phi) is 5.13. The summed E-state index contributed by atoms with van der Waals surface area (Å²) in [6.07, 6.45) is 0.875. The van der Waals surface area contributed by atoms with Crippen molar-refractivity contribution in [2.75, 3.05) is 0 Å². The molecule has 3 aromatic rings. The number of nitrogens with one attached hydrogen (secondary N) is 2. The number of nitrogens with two attached hydrogens (primary N) is 1. The first-order valence-corrected chi connectivity index (χ1v) is 8.21. The van der Waals surface area contributed by atoms with E-state index in [0.29, 0.717) is 30.2 Å². The Morgan fingerprint density at radius 1 is 1.25 bits per heavy atom. The Bertz CT molecular complexity index is 831. The van der Waals surface area contributed by atoms with Gasteiger partial charge in [0.15, 0.2) is 0 Å². The minimum absolute atomic E-state index is 0.0199. The summed E-state index contributed by atoms with van der Waals surface area (Å²) < 4.78 is 0. The average Bonchev–Trinajstić information content (AvgIpc) is 3.02. The zero-order valence-corrected chi connectivity index (χ0v) is 13.9. The number of hydrogen-bond acceptors (Lipinski definition) is 3. The number of benzene rings is 2. The molecule has 24 heavy (non-hydrogen) atoms. The first-order valence-electron chi connectivity index (χ1n) is 7.83. The summed E-state index contributed by atoms with van der Waals surface area (Å²) in [5, 5.41) is 3.54. The molecular formula is C18H19ClN4O. The summed E-state index contributed by atoms with van der Waals surface area (Å²) >= 11 is 5.96. The Balaban J connectivity index is 1.52. The van der Waals surface area contributed by atoms with Crippen LogP contribution in [-0.4, -0.2) is 15.9 Å². The van der Waals surface area contributed by atoms with Crippen molar-refractivity contribution in [1.82, 2.24) is 15.3 Å². The summed E-state index contributed by atoms with van der Waals surface area (Å²) in [7, 11) is 0. The zero-order chi connectivity index (χ0) is 16.9. The predicted octanol–water partition coefficient (Wildman–Crippen LogP) is 3.31. The molecule has 6 heteroatoms. The minimum Gasteiger partial charge on any atom is -0.352 e. The minimum atomic E-state index is -0.321. The SMILES string of the molecule is NC(CCC(=O)NCc1ccccc1)c1nc2ccc(Cl)cc2[nH]1. The van der Waals surface area contributed by atoms with Crippen LogP contribution in [0.2, 0.25) is 5.02 Å². The molecule has 0 radical (unpaired) electrons. The fraction of sp³-hybridized carbons (Fsp3) is 0.222. The molecule has 0 aliphatic heterocycles. The summed E-state index contributed by atoms with van der Waals surface area (Å²) in [4.78, 5) is 19.6. The average molecular weight is 343 g/mol. The molecule has 124 valence electrons. The molecule has 1 unspecified atom stereocenters. The van der Waals surface area contributed by atoms with Crippen LogP contribution in [0.4, 0.5) is 0 Å². The number of carbonyl (C=O) groups is 1. The number of halogens is 1. The lowest BCUT2D eigenvalue weighted by Gasteiger charge is -2.09. The zero-order valence-electron chi connectivity index (χ0n) is 13.1. The van der Waals surface area contributed by atoms with E-state index < -0.39 is 0 Å². The van der Waals surface area contributed by atoms with Gasteiger partial charge in [-0.15, -0.1) is 0 Å². The topological polar surface area (TPSA) is 83.8 Å². The number of amides is 1. The van der Waals surface area contributed by atoms with E-state index in [9.17, 15) is 4.79 Å². The van der Waals surface area contributed by atoms with Gasteiger partial charge in [-0.2, -0.15) is 0 Å². The third kappa shape index (κ3) is 4.13. The lowest BCUT2D eigenvalue weighted by Crippen LogP contribution is -2.24. The molecule has 1 aromatic heterocycles. The van der Waals surface area contributed by atoms with Crippen molar-refractivity contribution in [2.24, 2.45) is 5.73 Å². The molecule has 0 aliphatic rings. The van der Waals surface area contributed by atoms with Crippen molar-refractivity contribution < 1.29 is 4.79 Å². The van der Waals surface area contributed by atoms with Gasteiger partial charge in [0, 0.05) is 18.0 Å². The Morgan fingerprint density at radius 2 is 2.04 bits per heavy atom.